The van der Waals surface area contributed by atoms with Crippen molar-refractivity contribution in [1.82, 2.24) is 20.9 Å². The van der Waals surface area contributed by atoms with Crippen LogP contribution in [0.2, 0.25) is 0 Å². The van der Waals surface area contributed by atoms with E-state index < -0.39 is 5.54 Å². The molecule has 0 aromatic heterocycles. The number of amides is 3. The molecule has 1 unspecified atom stereocenters. The van der Waals surface area contributed by atoms with Gasteiger partial charge in [0.05, 0.1) is 13.7 Å². The summed E-state index contributed by atoms with van der Waals surface area (Å²) >= 11 is 0. The second-order valence-corrected chi connectivity index (χ2v) is 9.00. The van der Waals surface area contributed by atoms with Gasteiger partial charge in [0.15, 0.2) is 5.96 Å². The van der Waals surface area contributed by atoms with E-state index >= 15 is 0 Å². The number of carbonyl (C=O) groups excluding carboxylic acids is 2. The molecule has 0 saturated carbocycles. The van der Waals surface area contributed by atoms with Crippen LogP contribution in [-0.2, 0) is 24.4 Å². The van der Waals surface area contributed by atoms with Gasteiger partial charge in [-0.25, -0.2) is 4.79 Å². The number of carbonyl (C=O) groups is 2. The number of hydrogen-bond acceptors (Lipinski definition) is 4. The van der Waals surface area contributed by atoms with E-state index in [0.29, 0.717) is 32.0 Å². The lowest BCUT2D eigenvalue weighted by atomic mass is 9.91. The predicted molar refractivity (Wildman–Crippen MR) is 128 cm³/mol. The van der Waals surface area contributed by atoms with Gasteiger partial charge in [0, 0.05) is 13.1 Å². The Kier molecular flexibility index (Phi) is 7.58. The Labute approximate surface area is 195 Å². The lowest BCUT2D eigenvalue weighted by Crippen LogP contribution is -2.44. The van der Waals surface area contributed by atoms with Gasteiger partial charge in [-0.1, -0.05) is 50.2 Å². The number of ether oxygens (including phenoxy) is 1. The van der Waals surface area contributed by atoms with Crippen molar-refractivity contribution >= 4 is 17.9 Å². The summed E-state index contributed by atoms with van der Waals surface area (Å²) in [4.78, 5) is 26.5. The first-order valence-corrected chi connectivity index (χ1v) is 11.1. The van der Waals surface area contributed by atoms with Crippen LogP contribution >= 0.6 is 0 Å². The summed E-state index contributed by atoms with van der Waals surface area (Å²) in [5.41, 5.74) is 2.13. The summed E-state index contributed by atoms with van der Waals surface area (Å²) in [6.07, 6.45) is 0.676. The highest BCUT2D eigenvalue weighted by molar-refractivity contribution is 6.07. The first kappa shape index (κ1) is 24.1. The van der Waals surface area contributed by atoms with Gasteiger partial charge in [-0.05, 0) is 48.1 Å². The van der Waals surface area contributed by atoms with Crippen molar-refractivity contribution in [3.05, 3.63) is 65.2 Å². The Hall–Kier alpha value is -3.55. The molecule has 8 heteroatoms. The van der Waals surface area contributed by atoms with Crippen LogP contribution in [0.3, 0.4) is 0 Å². The zero-order chi connectivity index (χ0) is 24.0. The van der Waals surface area contributed by atoms with Crippen LogP contribution in [-0.4, -0.2) is 35.4 Å². The fourth-order valence-corrected chi connectivity index (χ4v) is 4.00. The highest BCUT2D eigenvalue weighted by Gasteiger charge is 2.45. The molecular weight excluding hydrogens is 418 g/mol. The van der Waals surface area contributed by atoms with E-state index in [0.717, 1.165) is 22.4 Å². The van der Waals surface area contributed by atoms with Gasteiger partial charge in [0.2, 0.25) is 0 Å². The van der Waals surface area contributed by atoms with Crippen LogP contribution in [0.1, 0.15) is 43.9 Å². The monoisotopic (exact) mass is 451 g/mol. The molecule has 1 saturated heterocycles. The van der Waals surface area contributed by atoms with Gasteiger partial charge in [-0.15, -0.1) is 0 Å². The minimum Gasteiger partial charge on any atom is -0.497 e. The molecule has 1 aliphatic heterocycles. The number of nitrogens with one attached hydrogen (secondary N) is 4. The van der Waals surface area contributed by atoms with Crippen LogP contribution in [0.5, 0.6) is 5.75 Å². The maximum absolute atomic E-state index is 12.9. The molecule has 33 heavy (non-hydrogen) atoms. The smallest absolute Gasteiger partial charge is 0.315 e. The molecule has 176 valence electrons. The molecule has 1 fully saturated rings. The zero-order valence-electron chi connectivity index (χ0n) is 19.7. The Morgan fingerprint density at radius 3 is 2.06 bits per heavy atom. The normalized spacial score (nSPS) is 17.8. The Morgan fingerprint density at radius 1 is 1.03 bits per heavy atom. The van der Waals surface area contributed by atoms with E-state index in [2.05, 4.69) is 29.8 Å². The molecule has 2 aromatic rings. The third-order valence-corrected chi connectivity index (χ3v) is 5.63. The topological polar surface area (TPSA) is 107 Å². The van der Waals surface area contributed by atoms with E-state index in [1.807, 2.05) is 55.5 Å². The zero-order valence-corrected chi connectivity index (χ0v) is 19.7. The molecule has 1 heterocycles. The highest BCUT2D eigenvalue weighted by Crippen LogP contribution is 2.26. The number of rotatable bonds is 9. The number of nitrogens with zero attached hydrogens (tertiary/aromatic N) is 1. The predicted octanol–water partition coefficient (Wildman–Crippen LogP) is 3.37. The molecule has 0 radical (unpaired) electrons. The Morgan fingerprint density at radius 2 is 1.55 bits per heavy atom. The first-order chi connectivity index (χ1) is 15.7. The summed E-state index contributed by atoms with van der Waals surface area (Å²) in [6.45, 7) is 7.15. The summed E-state index contributed by atoms with van der Waals surface area (Å²) < 4.78 is 5.13. The number of guanidine groups is 1. The van der Waals surface area contributed by atoms with Gasteiger partial charge < -0.3 is 20.7 Å². The largest absolute Gasteiger partial charge is 0.497 e. The molecule has 0 spiro atoms. The SMILES string of the molecule is COc1ccc(CNC(=O)NCc2ccc(CN3C(=N)NC(C)(CC(C)C)C3=O)cc2)cc1. The highest BCUT2D eigenvalue weighted by atomic mass is 16.5. The quantitative estimate of drug-likeness (QED) is 0.469. The van der Waals surface area contributed by atoms with Crippen molar-refractivity contribution in [3.63, 3.8) is 0 Å². The number of urea groups is 1. The summed E-state index contributed by atoms with van der Waals surface area (Å²) in [6, 6.07) is 15.0. The average molecular weight is 452 g/mol. The molecule has 1 aliphatic rings. The third kappa shape index (κ3) is 6.25. The van der Waals surface area contributed by atoms with E-state index in [9.17, 15) is 9.59 Å². The minimum atomic E-state index is -0.728. The lowest BCUT2D eigenvalue weighted by Gasteiger charge is -2.24. The van der Waals surface area contributed by atoms with Crippen molar-refractivity contribution in [1.29, 1.82) is 5.41 Å². The van der Waals surface area contributed by atoms with Gasteiger partial charge in [0.1, 0.15) is 11.3 Å². The van der Waals surface area contributed by atoms with Crippen LogP contribution in [0.25, 0.3) is 0 Å². The maximum Gasteiger partial charge on any atom is 0.315 e. The molecule has 4 N–H and O–H groups in total. The van der Waals surface area contributed by atoms with Gasteiger partial charge in [0.25, 0.3) is 5.91 Å². The third-order valence-electron chi connectivity index (χ3n) is 5.63. The van der Waals surface area contributed by atoms with Crippen LogP contribution < -0.4 is 20.7 Å². The lowest BCUT2D eigenvalue weighted by molar-refractivity contribution is -0.131. The van der Waals surface area contributed by atoms with Gasteiger partial charge in [-0.2, -0.15) is 0 Å². The molecule has 0 aliphatic carbocycles. The van der Waals surface area contributed by atoms with Gasteiger partial charge in [-0.3, -0.25) is 15.1 Å². The van der Waals surface area contributed by atoms with Crippen LogP contribution in [0.4, 0.5) is 4.79 Å². The standard InChI is InChI=1S/C25H33N5O3/c1-17(2)13-25(3)22(31)30(23(26)29-25)16-20-7-5-18(6-8-20)14-27-24(32)28-15-19-9-11-21(33-4)12-10-19/h5-12,17H,13-16H2,1-4H3,(H2,26,29)(H2,27,28,32). The van der Waals surface area contributed by atoms with Crippen molar-refractivity contribution in [2.45, 2.75) is 52.4 Å². The van der Waals surface area contributed by atoms with E-state index in [4.69, 9.17) is 10.1 Å². The second-order valence-electron chi connectivity index (χ2n) is 9.00. The van der Waals surface area contributed by atoms with E-state index in [1.54, 1.807) is 7.11 Å². The summed E-state index contributed by atoms with van der Waals surface area (Å²) in [7, 11) is 1.62. The second kappa shape index (κ2) is 10.4. The molecule has 0 bridgehead atoms. The summed E-state index contributed by atoms with van der Waals surface area (Å²) in [5, 5.41) is 16.9. The maximum atomic E-state index is 12.9. The van der Waals surface area contributed by atoms with E-state index in [1.165, 1.54) is 4.90 Å². The molecule has 8 nitrogen and oxygen atoms in total. The molecule has 3 amide bonds. The van der Waals surface area contributed by atoms with Crippen LogP contribution in [0, 0.1) is 11.3 Å². The van der Waals surface area contributed by atoms with Crippen molar-refractivity contribution in [2.24, 2.45) is 5.92 Å². The van der Waals surface area contributed by atoms with Crippen molar-refractivity contribution < 1.29 is 14.3 Å². The molecule has 3 rings (SSSR count). The molecule has 1 atom stereocenters. The van der Waals surface area contributed by atoms with Crippen molar-refractivity contribution in [3.8, 4) is 5.75 Å². The van der Waals surface area contributed by atoms with Crippen LogP contribution in [0.15, 0.2) is 48.5 Å². The number of benzene rings is 2. The Bertz CT molecular complexity index is 988. The van der Waals surface area contributed by atoms with Gasteiger partial charge >= 0.3 is 6.03 Å². The average Bonchev–Trinajstić information content (AvgIpc) is 2.99. The number of hydrogen-bond donors (Lipinski definition) is 4. The minimum absolute atomic E-state index is 0.0690. The first-order valence-electron chi connectivity index (χ1n) is 11.1. The fourth-order valence-electron chi connectivity index (χ4n) is 4.00. The summed E-state index contributed by atoms with van der Waals surface area (Å²) in [5.74, 6) is 1.20. The number of methoxy groups -OCH3 is 1. The van der Waals surface area contributed by atoms with Crippen molar-refractivity contribution in [2.75, 3.05) is 7.11 Å². The fraction of sp³-hybridized carbons (Fsp3) is 0.400. The molecule has 2 aromatic carbocycles. The molecular formula is C25H33N5O3. The van der Waals surface area contributed by atoms with E-state index in [-0.39, 0.29) is 17.9 Å². The Balaban J connectivity index is 1.47.